The number of hydrogen-bond acceptors (Lipinski definition) is 5. The van der Waals surface area contributed by atoms with E-state index in [0.29, 0.717) is 4.88 Å². The van der Waals surface area contributed by atoms with E-state index >= 15 is 0 Å². The minimum absolute atomic E-state index is 0.113. The first-order valence-electron chi connectivity index (χ1n) is 9.34. The van der Waals surface area contributed by atoms with Gasteiger partial charge < -0.3 is 5.11 Å². The number of amides is 1. The van der Waals surface area contributed by atoms with Crippen LogP contribution < -0.4 is 4.72 Å². The number of benzene rings is 1. The van der Waals surface area contributed by atoms with Gasteiger partial charge in [0, 0.05) is 6.20 Å². The minimum Gasteiger partial charge on any atom is -0.385 e. The lowest BCUT2D eigenvalue weighted by atomic mass is 9.86. The van der Waals surface area contributed by atoms with E-state index in [-0.39, 0.29) is 39.3 Å². The fourth-order valence-electron chi connectivity index (χ4n) is 3.11. The number of aliphatic hydroxyl groups is 1. The third-order valence-corrected chi connectivity index (χ3v) is 7.43. The second kappa shape index (κ2) is 9.38. The van der Waals surface area contributed by atoms with E-state index in [1.165, 1.54) is 6.20 Å². The van der Waals surface area contributed by atoms with Crippen LogP contribution in [-0.4, -0.2) is 20.2 Å². The largest absolute Gasteiger partial charge is 0.385 e. The van der Waals surface area contributed by atoms with E-state index < -0.39 is 39.2 Å². The van der Waals surface area contributed by atoms with E-state index in [1.54, 1.807) is 41.5 Å². The first kappa shape index (κ1) is 24.8. The highest BCUT2D eigenvalue weighted by atomic mass is 35.5. The number of nitrogens with zero attached hydrogens (tertiary/aromatic N) is 1. The lowest BCUT2D eigenvalue weighted by molar-refractivity contribution is -0.118. The molecule has 0 aliphatic carbocycles. The molecule has 10 heteroatoms. The molecule has 0 spiro atoms. The number of nitrogens with one attached hydrogen (secondary N) is 1. The molecule has 1 aromatic carbocycles. The van der Waals surface area contributed by atoms with Crippen LogP contribution in [0.5, 0.6) is 0 Å². The molecule has 0 bridgehead atoms. The van der Waals surface area contributed by atoms with Gasteiger partial charge in [0.1, 0.15) is 16.7 Å². The van der Waals surface area contributed by atoms with Gasteiger partial charge in [0.05, 0.1) is 16.9 Å². The van der Waals surface area contributed by atoms with Gasteiger partial charge in [-0.2, -0.15) is 0 Å². The molecule has 0 fully saturated rings. The second-order valence-corrected chi connectivity index (χ2v) is 10.9. The molecule has 2 aromatic rings. The van der Waals surface area contributed by atoms with Gasteiger partial charge in [0.25, 0.3) is 0 Å². The third-order valence-electron chi connectivity index (χ3n) is 4.45. The van der Waals surface area contributed by atoms with Gasteiger partial charge in [-0.1, -0.05) is 39.3 Å². The molecule has 0 saturated heterocycles. The normalized spacial score (nSPS) is 13.2. The summed E-state index contributed by atoms with van der Waals surface area (Å²) in [5.41, 5.74) is -0.597. The summed E-state index contributed by atoms with van der Waals surface area (Å²) in [6.07, 6.45) is 1.03. The standard InChI is InChI=1S/C20H25ClF2N2O3S2/c1-9(2)14-11(15(10(3)4)18(23)16(21)17(14)22)7-13(26)25-30(28)19-24-8-12(29-19)20(5,6)27/h8-10,27H,7H2,1-6H3,(H,25,26). The van der Waals surface area contributed by atoms with E-state index in [2.05, 4.69) is 9.71 Å². The molecule has 0 aliphatic rings. The molecule has 30 heavy (non-hydrogen) atoms. The molecule has 1 heterocycles. The Morgan fingerprint density at radius 1 is 1.23 bits per heavy atom. The van der Waals surface area contributed by atoms with Crippen molar-refractivity contribution in [1.29, 1.82) is 0 Å². The Labute approximate surface area is 186 Å². The van der Waals surface area contributed by atoms with Gasteiger partial charge in [-0.3, -0.25) is 9.52 Å². The second-order valence-electron chi connectivity index (χ2n) is 8.08. The van der Waals surface area contributed by atoms with Crippen molar-refractivity contribution in [2.45, 2.75) is 69.7 Å². The number of carbonyl (C=O) groups excluding carboxylic acids is 1. The van der Waals surface area contributed by atoms with Gasteiger partial charge in [0.2, 0.25) is 10.2 Å². The minimum atomic E-state index is -1.97. The van der Waals surface area contributed by atoms with Crippen LogP contribution in [0.25, 0.3) is 0 Å². The Morgan fingerprint density at radius 2 is 1.73 bits per heavy atom. The van der Waals surface area contributed by atoms with E-state index in [1.807, 2.05) is 0 Å². The fourth-order valence-corrected chi connectivity index (χ4v) is 5.17. The van der Waals surface area contributed by atoms with Crippen LogP contribution in [0.15, 0.2) is 10.5 Å². The molecule has 1 amide bonds. The van der Waals surface area contributed by atoms with Crippen molar-refractivity contribution in [1.82, 2.24) is 9.71 Å². The van der Waals surface area contributed by atoms with Crippen molar-refractivity contribution in [3.63, 3.8) is 0 Å². The number of halogens is 3. The summed E-state index contributed by atoms with van der Waals surface area (Å²) in [5.74, 6) is -3.12. The zero-order chi connectivity index (χ0) is 23.0. The molecule has 1 aromatic heterocycles. The van der Waals surface area contributed by atoms with Crippen LogP contribution >= 0.6 is 22.9 Å². The monoisotopic (exact) mass is 478 g/mol. The number of thiazole rings is 1. The maximum absolute atomic E-state index is 14.7. The summed E-state index contributed by atoms with van der Waals surface area (Å²) in [6.45, 7) is 10.0. The predicted octanol–water partition coefficient (Wildman–Crippen LogP) is 4.93. The van der Waals surface area contributed by atoms with Gasteiger partial charge in [0.15, 0.2) is 11.0 Å². The van der Waals surface area contributed by atoms with Crippen LogP contribution in [0.1, 0.15) is 74.9 Å². The molecule has 2 N–H and O–H groups in total. The van der Waals surface area contributed by atoms with Crippen LogP contribution in [0.3, 0.4) is 0 Å². The highest BCUT2D eigenvalue weighted by molar-refractivity contribution is 7.85. The summed E-state index contributed by atoms with van der Waals surface area (Å²) in [7, 11) is -1.97. The van der Waals surface area contributed by atoms with Crippen molar-refractivity contribution in [2.24, 2.45) is 0 Å². The Balaban J connectivity index is 2.36. The molecule has 166 valence electrons. The highest BCUT2D eigenvalue weighted by Crippen LogP contribution is 2.37. The van der Waals surface area contributed by atoms with Crippen molar-refractivity contribution in [2.75, 3.05) is 0 Å². The SMILES string of the molecule is CC(C)c1c(F)c(Cl)c(F)c(C(C)C)c1CC(=O)NS(=O)c1ncc(C(C)(C)O)s1. The van der Waals surface area contributed by atoms with Crippen molar-refractivity contribution >= 4 is 39.8 Å². The molecule has 1 atom stereocenters. The molecule has 0 saturated carbocycles. The van der Waals surface area contributed by atoms with Crippen LogP contribution in [0, 0.1) is 11.6 Å². The maximum atomic E-state index is 14.7. The quantitative estimate of drug-likeness (QED) is 0.553. The average Bonchev–Trinajstić information content (AvgIpc) is 3.09. The average molecular weight is 479 g/mol. The Hall–Kier alpha value is -1.42. The smallest absolute Gasteiger partial charge is 0.236 e. The van der Waals surface area contributed by atoms with E-state index in [4.69, 9.17) is 11.6 Å². The van der Waals surface area contributed by atoms with E-state index in [0.717, 1.165) is 11.3 Å². The van der Waals surface area contributed by atoms with Crippen molar-refractivity contribution in [3.8, 4) is 0 Å². The summed E-state index contributed by atoms with van der Waals surface area (Å²) in [5, 5.41) is 9.42. The predicted molar refractivity (Wildman–Crippen MR) is 115 cm³/mol. The first-order valence-corrected chi connectivity index (χ1v) is 11.7. The fraction of sp³-hybridized carbons (Fsp3) is 0.500. The molecular weight excluding hydrogens is 454 g/mol. The maximum Gasteiger partial charge on any atom is 0.236 e. The summed E-state index contributed by atoms with van der Waals surface area (Å²) < 4.78 is 44.3. The number of hydrogen-bond donors (Lipinski definition) is 2. The molecule has 0 radical (unpaired) electrons. The van der Waals surface area contributed by atoms with Gasteiger partial charge in [-0.25, -0.2) is 18.0 Å². The highest BCUT2D eigenvalue weighted by Gasteiger charge is 2.28. The van der Waals surface area contributed by atoms with E-state index in [9.17, 15) is 22.9 Å². The summed E-state index contributed by atoms with van der Waals surface area (Å²) >= 11 is 6.87. The van der Waals surface area contributed by atoms with Crippen molar-refractivity contribution < 1.29 is 22.9 Å². The molecular formula is C20H25ClF2N2O3S2. The first-order chi connectivity index (χ1) is 13.8. The summed E-state index contributed by atoms with van der Waals surface area (Å²) in [4.78, 5) is 17.1. The zero-order valence-corrected chi connectivity index (χ0v) is 20.0. The number of aromatic nitrogens is 1. The van der Waals surface area contributed by atoms with Crippen LogP contribution in [0.4, 0.5) is 8.78 Å². The number of carbonyl (C=O) groups is 1. The molecule has 5 nitrogen and oxygen atoms in total. The zero-order valence-electron chi connectivity index (χ0n) is 17.6. The van der Waals surface area contributed by atoms with Gasteiger partial charge in [-0.05, 0) is 42.4 Å². The van der Waals surface area contributed by atoms with Crippen LogP contribution in [-0.2, 0) is 27.8 Å². The molecule has 1 unspecified atom stereocenters. The molecule has 0 aliphatic heterocycles. The molecule has 2 rings (SSSR count). The Morgan fingerprint density at radius 3 is 2.13 bits per heavy atom. The van der Waals surface area contributed by atoms with Gasteiger partial charge in [-0.15, -0.1) is 11.3 Å². The summed E-state index contributed by atoms with van der Waals surface area (Å²) in [6, 6.07) is 0. The van der Waals surface area contributed by atoms with Crippen molar-refractivity contribution in [3.05, 3.63) is 44.4 Å². The lowest BCUT2D eigenvalue weighted by Crippen LogP contribution is -2.28. The lowest BCUT2D eigenvalue weighted by Gasteiger charge is -2.22. The number of rotatable bonds is 7. The topological polar surface area (TPSA) is 79.3 Å². The third kappa shape index (κ3) is 5.25. The van der Waals surface area contributed by atoms with Gasteiger partial charge >= 0.3 is 0 Å². The van der Waals surface area contributed by atoms with Crippen LogP contribution in [0.2, 0.25) is 5.02 Å². The Kier molecular flexibility index (Phi) is 7.77. The Bertz CT molecular complexity index is 950.